The first-order chi connectivity index (χ1) is 11.8. The third-order valence-corrected chi connectivity index (χ3v) is 3.65. The molecule has 1 N–H and O–H groups in total. The molecule has 24 heavy (non-hydrogen) atoms. The Bertz CT molecular complexity index is 878. The van der Waals surface area contributed by atoms with Crippen molar-refractivity contribution >= 4 is 29.1 Å². The minimum atomic E-state index is -0.0626. The van der Waals surface area contributed by atoms with Gasteiger partial charge < -0.3 is 9.88 Å². The first-order valence-electron chi connectivity index (χ1n) is 7.84. The lowest BCUT2D eigenvalue weighted by Gasteiger charge is -2.07. The number of amides is 1. The van der Waals surface area contributed by atoms with Gasteiger partial charge in [-0.2, -0.15) is 0 Å². The molecule has 4 heteroatoms. The second-order valence-electron chi connectivity index (χ2n) is 5.38. The molecule has 1 heterocycles. The highest BCUT2D eigenvalue weighted by molar-refractivity contribution is 5.83. The lowest BCUT2D eigenvalue weighted by Crippen LogP contribution is -2.27. The Morgan fingerprint density at radius 3 is 2.62 bits per heavy atom. The van der Waals surface area contributed by atoms with Gasteiger partial charge in [0.2, 0.25) is 5.91 Å². The molecule has 0 aliphatic heterocycles. The monoisotopic (exact) mass is 317 g/mol. The van der Waals surface area contributed by atoms with Gasteiger partial charge in [-0.25, -0.2) is 4.98 Å². The van der Waals surface area contributed by atoms with Gasteiger partial charge in [0.25, 0.3) is 0 Å². The largest absolute Gasteiger partial charge is 0.351 e. The van der Waals surface area contributed by atoms with Crippen molar-refractivity contribution in [2.75, 3.05) is 6.54 Å². The van der Waals surface area contributed by atoms with E-state index < -0.39 is 0 Å². The highest BCUT2D eigenvalue weighted by atomic mass is 16.1. The number of fused-ring (bicyclic) bond motifs is 1. The minimum absolute atomic E-state index is 0.0626. The Morgan fingerprint density at radius 2 is 1.83 bits per heavy atom. The van der Waals surface area contributed by atoms with E-state index in [0.29, 0.717) is 6.54 Å². The van der Waals surface area contributed by atoms with Crippen LogP contribution in [0.4, 0.5) is 0 Å². The number of nitrogens with zero attached hydrogens (tertiary/aromatic N) is 2. The first-order valence-corrected chi connectivity index (χ1v) is 7.84. The number of hydrogen-bond donors (Lipinski definition) is 1. The molecular formula is C20H19N3O. The van der Waals surface area contributed by atoms with Crippen LogP contribution in [0.5, 0.6) is 0 Å². The summed E-state index contributed by atoms with van der Waals surface area (Å²) in [6.45, 7) is 4.30. The number of hydrogen-bond acceptors (Lipinski definition) is 2. The van der Waals surface area contributed by atoms with E-state index in [2.05, 4.69) is 16.9 Å². The zero-order valence-corrected chi connectivity index (χ0v) is 13.4. The van der Waals surface area contributed by atoms with Crippen LogP contribution < -0.4 is 5.32 Å². The second kappa shape index (κ2) is 7.42. The predicted octanol–water partition coefficient (Wildman–Crippen LogP) is 3.51. The Labute approximate surface area is 141 Å². The fourth-order valence-corrected chi connectivity index (χ4v) is 2.51. The van der Waals surface area contributed by atoms with Crippen molar-refractivity contribution in [1.29, 1.82) is 0 Å². The van der Waals surface area contributed by atoms with Crippen LogP contribution >= 0.6 is 0 Å². The number of carbonyl (C=O) groups excluding carboxylic acids is 1. The van der Waals surface area contributed by atoms with Crippen LogP contribution in [0, 0.1) is 0 Å². The summed E-state index contributed by atoms with van der Waals surface area (Å²) < 4.78 is 1.92. The lowest BCUT2D eigenvalue weighted by molar-refractivity contribution is -0.121. The zero-order valence-electron chi connectivity index (χ0n) is 13.4. The molecule has 2 aromatic carbocycles. The van der Waals surface area contributed by atoms with Gasteiger partial charge in [-0.1, -0.05) is 54.6 Å². The van der Waals surface area contributed by atoms with E-state index in [4.69, 9.17) is 0 Å². The van der Waals surface area contributed by atoms with Crippen LogP contribution in [-0.2, 0) is 11.3 Å². The Morgan fingerprint density at radius 1 is 1.08 bits per heavy atom. The standard InChI is InChI=1S/C20H19N3O/c1-2-14-21-20(24)15-23-18-11-7-6-10-17(18)22-19(23)13-12-16-8-4-3-5-9-16/h2-13H,1,14-15H2,(H,21,24)/b13-12+. The van der Waals surface area contributed by atoms with Crippen molar-refractivity contribution in [2.24, 2.45) is 0 Å². The Hall–Kier alpha value is -3.14. The Kier molecular flexibility index (Phi) is 4.87. The molecule has 0 spiro atoms. The number of nitrogens with one attached hydrogen (secondary N) is 1. The summed E-state index contributed by atoms with van der Waals surface area (Å²) >= 11 is 0. The number of benzene rings is 2. The molecule has 0 aliphatic rings. The highest BCUT2D eigenvalue weighted by Crippen LogP contribution is 2.18. The van der Waals surface area contributed by atoms with Crippen LogP contribution in [0.2, 0.25) is 0 Å². The maximum absolute atomic E-state index is 12.1. The summed E-state index contributed by atoms with van der Waals surface area (Å²) in [6.07, 6.45) is 5.61. The summed E-state index contributed by atoms with van der Waals surface area (Å²) in [4.78, 5) is 16.7. The number of rotatable bonds is 6. The summed E-state index contributed by atoms with van der Waals surface area (Å²) in [5.74, 6) is 0.696. The lowest BCUT2D eigenvalue weighted by atomic mass is 10.2. The maximum Gasteiger partial charge on any atom is 0.240 e. The Balaban J connectivity index is 1.94. The topological polar surface area (TPSA) is 46.9 Å². The number of imidazole rings is 1. The summed E-state index contributed by atoms with van der Waals surface area (Å²) in [5, 5.41) is 2.81. The van der Waals surface area contributed by atoms with Gasteiger partial charge in [0, 0.05) is 6.54 Å². The summed E-state index contributed by atoms with van der Waals surface area (Å²) in [7, 11) is 0. The van der Waals surface area contributed by atoms with E-state index in [1.54, 1.807) is 6.08 Å². The molecule has 4 nitrogen and oxygen atoms in total. The zero-order chi connectivity index (χ0) is 16.8. The van der Waals surface area contributed by atoms with E-state index in [1.165, 1.54) is 0 Å². The van der Waals surface area contributed by atoms with Crippen LogP contribution in [0.1, 0.15) is 11.4 Å². The molecule has 0 saturated heterocycles. The summed E-state index contributed by atoms with van der Waals surface area (Å²) in [6, 6.07) is 17.8. The molecule has 0 aliphatic carbocycles. The molecule has 1 aromatic heterocycles. The predicted molar refractivity (Wildman–Crippen MR) is 98.3 cm³/mol. The van der Waals surface area contributed by atoms with E-state index in [0.717, 1.165) is 22.4 Å². The molecule has 1 amide bonds. The highest BCUT2D eigenvalue weighted by Gasteiger charge is 2.11. The van der Waals surface area contributed by atoms with E-state index in [1.807, 2.05) is 71.3 Å². The third kappa shape index (κ3) is 3.60. The van der Waals surface area contributed by atoms with Crippen molar-refractivity contribution in [3.8, 4) is 0 Å². The molecule has 3 aromatic rings. The molecule has 3 rings (SSSR count). The van der Waals surface area contributed by atoms with Crippen molar-refractivity contribution in [3.63, 3.8) is 0 Å². The van der Waals surface area contributed by atoms with E-state index in [9.17, 15) is 4.79 Å². The van der Waals surface area contributed by atoms with Crippen molar-refractivity contribution in [3.05, 3.63) is 78.6 Å². The van der Waals surface area contributed by atoms with Crippen LogP contribution in [0.15, 0.2) is 67.3 Å². The quantitative estimate of drug-likeness (QED) is 0.707. The third-order valence-electron chi connectivity index (χ3n) is 3.65. The average molecular weight is 317 g/mol. The molecule has 0 bridgehead atoms. The van der Waals surface area contributed by atoms with Gasteiger partial charge in [0.15, 0.2) is 0 Å². The van der Waals surface area contributed by atoms with Crippen molar-refractivity contribution in [1.82, 2.24) is 14.9 Å². The van der Waals surface area contributed by atoms with Gasteiger partial charge >= 0.3 is 0 Å². The van der Waals surface area contributed by atoms with Gasteiger partial charge in [0.1, 0.15) is 12.4 Å². The smallest absolute Gasteiger partial charge is 0.240 e. The van der Waals surface area contributed by atoms with Gasteiger partial charge in [-0.15, -0.1) is 6.58 Å². The van der Waals surface area contributed by atoms with Crippen LogP contribution in [0.25, 0.3) is 23.2 Å². The van der Waals surface area contributed by atoms with Gasteiger partial charge in [-0.3, -0.25) is 4.79 Å². The average Bonchev–Trinajstić information content (AvgIpc) is 2.97. The van der Waals surface area contributed by atoms with Gasteiger partial charge in [0.05, 0.1) is 11.0 Å². The normalized spacial score (nSPS) is 11.0. The maximum atomic E-state index is 12.1. The molecule has 0 fully saturated rings. The van der Waals surface area contributed by atoms with Crippen molar-refractivity contribution < 1.29 is 4.79 Å². The molecule has 0 radical (unpaired) electrons. The van der Waals surface area contributed by atoms with E-state index >= 15 is 0 Å². The molecule has 0 unspecified atom stereocenters. The van der Waals surface area contributed by atoms with Gasteiger partial charge in [-0.05, 0) is 23.8 Å². The fourth-order valence-electron chi connectivity index (χ4n) is 2.51. The molecule has 120 valence electrons. The minimum Gasteiger partial charge on any atom is -0.351 e. The number of para-hydroxylation sites is 2. The first kappa shape index (κ1) is 15.7. The molecular weight excluding hydrogens is 298 g/mol. The van der Waals surface area contributed by atoms with Crippen LogP contribution in [0.3, 0.4) is 0 Å². The second-order valence-corrected chi connectivity index (χ2v) is 5.38. The number of carbonyl (C=O) groups is 1. The van der Waals surface area contributed by atoms with Crippen LogP contribution in [-0.4, -0.2) is 22.0 Å². The summed E-state index contributed by atoms with van der Waals surface area (Å²) in [5.41, 5.74) is 2.91. The molecule has 0 atom stereocenters. The van der Waals surface area contributed by atoms with E-state index in [-0.39, 0.29) is 12.5 Å². The van der Waals surface area contributed by atoms with Crippen molar-refractivity contribution in [2.45, 2.75) is 6.54 Å². The molecule has 0 saturated carbocycles. The number of aromatic nitrogens is 2. The fraction of sp³-hybridized carbons (Fsp3) is 0.100. The SMILES string of the molecule is C=CCNC(=O)Cn1c(/C=C/c2ccccc2)nc2ccccc21.